The van der Waals surface area contributed by atoms with E-state index in [0.717, 1.165) is 46.6 Å². The number of halogens is 1. The smallest absolute Gasteiger partial charge is 0.153 e. The molecule has 0 saturated heterocycles. The summed E-state index contributed by atoms with van der Waals surface area (Å²) >= 11 is 0. The zero-order valence-electron chi connectivity index (χ0n) is 17.6. The number of benzene rings is 3. The number of rotatable bonds is 7. The van der Waals surface area contributed by atoms with Crippen molar-refractivity contribution in [2.24, 2.45) is 0 Å². The second kappa shape index (κ2) is 8.27. The highest BCUT2D eigenvalue weighted by Crippen LogP contribution is 2.46. The summed E-state index contributed by atoms with van der Waals surface area (Å²) in [5.41, 5.74) is 5.51. The first-order valence-corrected chi connectivity index (χ1v) is 10.6. The van der Waals surface area contributed by atoms with E-state index < -0.39 is 0 Å². The highest BCUT2D eigenvalue weighted by atomic mass is 19.1. The Morgan fingerprint density at radius 1 is 0.844 bits per heavy atom. The van der Waals surface area contributed by atoms with Gasteiger partial charge in [0.05, 0.1) is 11.2 Å². The number of nitrogens with one attached hydrogen (secondary N) is 2. The summed E-state index contributed by atoms with van der Waals surface area (Å²) in [5, 5.41) is 15.5. The molecule has 0 unspecified atom stereocenters. The number of anilines is 2. The lowest BCUT2D eigenvalue weighted by molar-refractivity contribution is 0.611. The van der Waals surface area contributed by atoms with Gasteiger partial charge < -0.3 is 10.6 Å². The molecule has 0 atom stereocenters. The monoisotopic (exact) mass is 422 g/mol. The van der Waals surface area contributed by atoms with Crippen LogP contribution >= 0.6 is 0 Å². The topological polar surface area (TPSA) is 49.8 Å². The highest BCUT2D eigenvalue weighted by molar-refractivity contribution is 5.69. The van der Waals surface area contributed by atoms with Crippen LogP contribution in [0.1, 0.15) is 24.0 Å². The molecule has 0 amide bonds. The third kappa shape index (κ3) is 4.23. The third-order valence-corrected chi connectivity index (χ3v) is 5.75. The summed E-state index contributed by atoms with van der Waals surface area (Å²) in [6.07, 6.45) is 2.00. The second-order valence-electron chi connectivity index (χ2n) is 8.07. The fraction of sp³-hybridized carbons (Fsp3) is 0.111. The maximum absolute atomic E-state index is 13.3. The first kappa shape index (κ1) is 19.9. The highest BCUT2D eigenvalue weighted by Gasteiger charge is 2.44. The average molecular weight is 423 g/mol. The van der Waals surface area contributed by atoms with Gasteiger partial charge in [-0.3, -0.25) is 0 Å². The molecule has 0 bridgehead atoms. The molecule has 2 N–H and O–H groups in total. The van der Waals surface area contributed by atoms with Crippen molar-refractivity contribution < 1.29 is 4.39 Å². The maximum Gasteiger partial charge on any atom is 0.153 e. The molecule has 0 aliphatic heterocycles. The van der Waals surface area contributed by atoms with Gasteiger partial charge in [-0.15, -0.1) is 10.2 Å². The van der Waals surface area contributed by atoms with Crippen LogP contribution in [-0.2, 0) is 5.54 Å². The van der Waals surface area contributed by atoms with E-state index in [1.54, 1.807) is 0 Å². The van der Waals surface area contributed by atoms with Crippen molar-refractivity contribution in [3.63, 3.8) is 0 Å². The minimum Gasteiger partial charge on any atom is -0.376 e. The van der Waals surface area contributed by atoms with Crippen molar-refractivity contribution in [1.82, 2.24) is 15.5 Å². The summed E-state index contributed by atoms with van der Waals surface area (Å²) in [4.78, 5) is 0. The number of aromatic nitrogens is 2. The van der Waals surface area contributed by atoms with Crippen molar-refractivity contribution in [3.05, 3.63) is 115 Å². The molecule has 5 heteroatoms. The van der Waals surface area contributed by atoms with Gasteiger partial charge in [-0.05, 0) is 60.4 Å². The van der Waals surface area contributed by atoms with Crippen LogP contribution in [0.25, 0.3) is 17.0 Å². The summed E-state index contributed by atoms with van der Waals surface area (Å²) < 4.78 is 13.3. The van der Waals surface area contributed by atoms with E-state index in [9.17, 15) is 4.39 Å². The summed E-state index contributed by atoms with van der Waals surface area (Å²) in [5.74, 6) is 0.451. The summed E-state index contributed by atoms with van der Waals surface area (Å²) in [6, 6.07) is 28.6. The van der Waals surface area contributed by atoms with Crippen molar-refractivity contribution in [2.75, 3.05) is 5.32 Å². The lowest BCUT2D eigenvalue weighted by atomic mass is 10.0. The second-order valence-corrected chi connectivity index (χ2v) is 8.07. The van der Waals surface area contributed by atoms with Gasteiger partial charge in [0.15, 0.2) is 5.82 Å². The Balaban J connectivity index is 1.28. The van der Waals surface area contributed by atoms with Crippen LogP contribution in [0.5, 0.6) is 0 Å². The summed E-state index contributed by atoms with van der Waals surface area (Å²) in [6.45, 7) is 4.25. The fourth-order valence-corrected chi connectivity index (χ4v) is 3.84. The third-order valence-electron chi connectivity index (χ3n) is 5.75. The Morgan fingerprint density at radius 3 is 2.31 bits per heavy atom. The van der Waals surface area contributed by atoms with Crippen molar-refractivity contribution >= 4 is 17.2 Å². The largest absolute Gasteiger partial charge is 0.376 e. The molecular formula is C27H23FN4. The molecule has 0 radical (unpaired) electrons. The molecule has 3 aromatic carbocycles. The molecule has 1 fully saturated rings. The normalized spacial score (nSPS) is 13.9. The van der Waals surface area contributed by atoms with Crippen LogP contribution in [0.4, 0.5) is 15.9 Å². The first-order valence-electron chi connectivity index (χ1n) is 10.6. The molecule has 1 aliphatic carbocycles. The average Bonchev–Trinajstić information content (AvgIpc) is 3.61. The summed E-state index contributed by atoms with van der Waals surface area (Å²) in [7, 11) is 0. The van der Waals surface area contributed by atoms with E-state index in [0.29, 0.717) is 5.82 Å². The quantitative estimate of drug-likeness (QED) is 0.368. The zero-order chi connectivity index (χ0) is 22.0. The molecule has 1 aromatic heterocycles. The predicted molar refractivity (Wildman–Crippen MR) is 127 cm³/mol. The van der Waals surface area contributed by atoms with E-state index in [1.165, 1.54) is 12.1 Å². The van der Waals surface area contributed by atoms with E-state index in [-0.39, 0.29) is 11.4 Å². The molecule has 0 spiro atoms. The van der Waals surface area contributed by atoms with Crippen LogP contribution in [-0.4, -0.2) is 10.2 Å². The van der Waals surface area contributed by atoms with E-state index in [2.05, 4.69) is 27.4 Å². The zero-order valence-corrected chi connectivity index (χ0v) is 17.6. The Bertz CT molecular complexity index is 1230. The molecule has 4 aromatic rings. The molecule has 32 heavy (non-hydrogen) atoms. The predicted octanol–water partition coefficient (Wildman–Crippen LogP) is 6.28. The van der Waals surface area contributed by atoms with E-state index in [1.807, 2.05) is 78.9 Å². The van der Waals surface area contributed by atoms with Gasteiger partial charge in [0.2, 0.25) is 0 Å². The van der Waals surface area contributed by atoms with Gasteiger partial charge in [-0.2, -0.15) is 0 Å². The molecule has 1 heterocycles. The SMILES string of the molecule is C=C(NC1(c2ccc(F)cc2)CC1)c1cccc(Nc2ccc(-c3ccccc3)nn2)c1. The van der Waals surface area contributed by atoms with Gasteiger partial charge in [0, 0.05) is 16.9 Å². The molecule has 4 nitrogen and oxygen atoms in total. The van der Waals surface area contributed by atoms with Gasteiger partial charge >= 0.3 is 0 Å². The van der Waals surface area contributed by atoms with Gasteiger partial charge in [0.1, 0.15) is 5.82 Å². The molecule has 158 valence electrons. The van der Waals surface area contributed by atoms with Crippen LogP contribution in [0.3, 0.4) is 0 Å². The van der Waals surface area contributed by atoms with Crippen LogP contribution < -0.4 is 10.6 Å². The lowest BCUT2D eigenvalue weighted by Gasteiger charge is -2.21. The fourth-order valence-electron chi connectivity index (χ4n) is 3.84. The number of nitrogens with zero attached hydrogens (tertiary/aromatic N) is 2. The van der Waals surface area contributed by atoms with Crippen LogP contribution in [0.2, 0.25) is 0 Å². The van der Waals surface area contributed by atoms with Gasteiger partial charge in [-0.1, -0.05) is 61.2 Å². The van der Waals surface area contributed by atoms with Crippen LogP contribution in [0.15, 0.2) is 97.6 Å². The lowest BCUT2D eigenvalue weighted by Crippen LogP contribution is -2.27. The number of hydrogen-bond donors (Lipinski definition) is 2. The minimum atomic E-state index is -0.220. The maximum atomic E-state index is 13.3. The Labute approximate surface area is 186 Å². The first-order chi connectivity index (χ1) is 15.6. The standard InChI is InChI=1S/C27H23FN4/c1-19(30-27(16-17-27)22-10-12-23(28)13-11-22)21-8-5-9-24(18-21)29-26-15-14-25(31-32-26)20-6-3-2-4-7-20/h2-15,18,30H,1,16-17H2,(H,29,32). The van der Waals surface area contributed by atoms with Crippen LogP contribution in [0, 0.1) is 5.82 Å². The molecule has 1 aliphatic rings. The molecule has 1 saturated carbocycles. The van der Waals surface area contributed by atoms with Crippen molar-refractivity contribution in [1.29, 1.82) is 0 Å². The molecular weight excluding hydrogens is 399 g/mol. The van der Waals surface area contributed by atoms with E-state index >= 15 is 0 Å². The van der Waals surface area contributed by atoms with Gasteiger partial charge in [-0.25, -0.2) is 4.39 Å². The van der Waals surface area contributed by atoms with Crippen molar-refractivity contribution in [3.8, 4) is 11.3 Å². The molecule has 5 rings (SSSR count). The van der Waals surface area contributed by atoms with Gasteiger partial charge in [0.25, 0.3) is 0 Å². The van der Waals surface area contributed by atoms with E-state index in [4.69, 9.17) is 0 Å². The Kier molecular flexibility index (Phi) is 5.15. The van der Waals surface area contributed by atoms with Crippen molar-refractivity contribution in [2.45, 2.75) is 18.4 Å². The number of hydrogen-bond acceptors (Lipinski definition) is 4. The Morgan fingerprint density at radius 2 is 1.62 bits per heavy atom. The minimum absolute atomic E-state index is 0.160. The Hall–Kier alpha value is -3.99.